The summed E-state index contributed by atoms with van der Waals surface area (Å²) in [5, 5.41) is 12.5. The van der Waals surface area contributed by atoms with Crippen molar-refractivity contribution in [3.05, 3.63) is 10.5 Å². The quantitative estimate of drug-likeness (QED) is 0.702. The maximum absolute atomic E-state index is 12.9. The van der Waals surface area contributed by atoms with Gasteiger partial charge < -0.3 is 10.0 Å². The van der Waals surface area contributed by atoms with Crippen LogP contribution >= 0.6 is 0 Å². The second-order valence-corrected chi connectivity index (χ2v) is 3.50. The molecule has 0 spiro atoms. The minimum atomic E-state index is -1.47. The van der Waals surface area contributed by atoms with Gasteiger partial charge in [0.2, 0.25) is 5.95 Å². The molecule has 15 heavy (non-hydrogen) atoms. The summed E-state index contributed by atoms with van der Waals surface area (Å²) in [5.74, 6) is 0.449. The van der Waals surface area contributed by atoms with E-state index in [0.717, 1.165) is 4.68 Å². The van der Waals surface area contributed by atoms with Gasteiger partial charge in [0.25, 0.3) is 0 Å². The highest BCUT2D eigenvalue weighted by molar-refractivity contribution is 5.25. The van der Waals surface area contributed by atoms with Crippen LogP contribution in [0.4, 0.5) is 10.3 Å². The maximum atomic E-state index is 12.9. The summed E-state index contributed by atoms with van der Waals surface area (Å²) < 4.78 is 15.2. The molecule has 1 rings (SSSR count). The van der Waals surface area contributed by atoms with E-state index in [0.29, 0.717) is 5.95 Å². The second kappa shape index (κ2) is 4.43. The fourth-order valence-corrected chi connectivity index (χ4v) is 1.23. The third-order valence-corrected chi connectivity index (χ3v) is 1.99. The van der Waals surface area contributed by atoms with Gasteiger partial charge in [-0.15, -0.1) is 5.10 Å². The molecule has 0 saturated carbocycles. The molecule has 0 aliphatic heterocycles. The van der Waals surface area contributed by atoms with Crippen molar-refractivity contribution in [2.75, 3.05) is 25.6 Å². The van der Waals surface area contributed by atoms with Gasteiger partial charge in [0.1, 0.15) is 6.17 Å². The highest BCUT2D eigenvalue weighted by Gasteiger charge is 2.14. The first kappa shape index (κ1) is 11.7. The monoisotopic (exact) mass is 218 g/mol. The van der Waals surface area contributed by atoms with Crippen LogP contribution in [0.5, 0.6) is 0 Å². The average molecular weight is 218 g/mol. The summed E-state index contributed by atoms with van der Waals surface area (Å²) in [6, 6.07) is 0. The third-order valence-electron chi connectivity index (χ3n) is 1.99. The van der Waals surface area contributed by atoms with E-state index in [9.17, 15) is 9.18 Å². The van der Waals surface area contributed by atoms with E-state index in [4.69, 9.17) is 5.11 Å². The van der Waals surface area contributed by atoms with Crippen molar-refractivity contribution in [3.63, 3.8) is 0 Å². The minimum Gasteiger partial charge on any atom is -0.393 e. The van der Waals surface area contributed by atoms with Crippen LogP contribution in [-0.2, 0) is 13.6 Å². The van der Waals surface area contributed by atoms with Crippen LogP contribution in [0.15, 0.2) is 4.79 Å². The van der Waals surface area contributed by atoms with Crippen LogP contribution in [0.1, 0.15) is 0 Å². The van der Waals surface area contributed by atoms with Crippen molar-refractivity contribution in [1.29, 1.82) is 0 Å². The summed E-state index contributed by atoms with van der Waals surface area (Å²) in [5.41, 5.74) is -0.394. The molecule has 1 atom stereocenters. The number of aliphatic hydroxyl groups is 1. The standard InChI is InChI=1S/C8H15FN4O2/c1-11(2)7-10-13(4-6(9)5-14)8(15)12(7)3/h6,14H,4-5H2,1-3H3. The van der Waals surface area contributed by atoms with Crippen LogP contribution < -0.4 is 10.6 Å². The van der Waals surface area contributed by atoms with Crippen molar-refractivity contribution in [1.82, 2.24) is 14.3 Å². The SMILES string of the molecule is CN(C)c1nn(CC(F)CO)c(=O)n1C. The largest absolute Gasteiger partial charge is 0.393 e. The normalized spacial score (nSPS) is 12.9. The molecule has 0 aliphatic carbocycles. The Bertz CT molecular complexity index is 384. The number of halogens is 1. The molecule has 0 bridgehead atoms. The molecule has 0 saturated heterocycles. The lowest BCUT2D eigenvalue weighted by Crippen LogP contribution is -2.28. The van der Waals surface area contributed by atoms with Crippen molar-refractivity contribution in [2.45, 2.75) is 12.7 Å². The molecule has 7 heteroatoms. The lowest BCUT2D eigenvalue weighted by atomic mass is 10.4. The molecule has 1 N–H and O–H groups in total. The van der Waals surface area contributed by atoms with Gasteiger partial charge >= 0.3 is 5.69 Å². The molecule has 1 aromatic heterocycles. The third kappa shape index (κ3) is 2.35. The zero-order valence-electron chi connectivity index (χ0n) is 9.01. The molecule has 0 radical (unpaired) electrons. The van der Waals surface area contributed by atoms with Crippen molar-refractivity contribution in [2.24, 2.45) is 7.05 Å². The molecule has 0 fully saturated rings. The van der Waals surface area contributed by atoms with E-state index >= 15 is 0 Å². The summed E-state index contributed by atoms with van der Waals surface area (Å²) in [6.45, 7) is -0.836. The minimum absolute atomic E-state index is 0.225. The summed E-state index contributed by atoms with van der Waals surface area (Å²) in [7, 11) is 5.05. The fraction of sp³-hybridized carbons (Fsp3) is 0.750. The summed E-state index contributed by atoms with van der Waals surface area (Å²) in [4.78, 5) is 13.2. The molecule has 6 nitrogen and oxygen atoms in total. The number of nitrogens with zero attached hydrogens (tertiary/aromatic N) is 4. The van der Waals surface area contributed by atoms with E-state index in [1.54, 1.807) is 26.0 Å². The van der Waals surface area contributed by atoms with E-state index in [-0.39, 0.29) is 6.54 Å². The van der Waals surface area contributed by atoms with Crippen LogP contribution in [0.25, 0.3) is 0 Å². The lowest BCUT2D eigenvalue weighted by Gasteiger charge is -2.08. The number of alkyl halides is 1. The predicted octanol–water partition coefficient (Wildman–Crippen LogP) is -1.02. The topological polar surface area (TPSA) is 63.3 Å². The number of rotatable bonds is 4. The van der Waals surface area contributed by atoms with Crippen molar-refractivity contribution < 1.29 is 9.50 Å². The zero-order valence-corrected chi connectivity index (χ0v) is 9.01. The van der Waals surface area contributed by atoms with Crippen LogP contribution in [-0.4, -0.2) is 46.3 Å². The van der Waals surface area contributed by atoms with E-state index < -0.39 is 18.5 Å². The highest BCUT2D eigenvalue weighted by Crippen LogP contribution is 2.02. The molecule has 0 aliphatic rings. The van der Waals surface area contributed by atoms with Crippen LogP contribution in [0.3, 0.4) is 0 Å². The van der Waals surface area contributed by atoms with Gasteiger partial charge in [-0.25, -0.2) is 13.9 Å². The van der Waals surface area contributed by atoms with E-state index in [1.165, 1.54) is 4.57 Å². The van der Waals surface area contributed by atoms with Crippen molar-refractivity contribution >= 4 is 5.95 Å². The lowest BCUT2D eigenvalue weighted by molar-refractivity contribution is 0.157. The molecule has 1 unspecified atom stereocenters. The Kier molecular flexibility index (Phi) is 3.46. The van der Waals surface area contributed by atoms with Crippen LogP contribution in [0.2, 0.25) is 0 Å². The Morgan fingerprint density at radius 2 is 2.20 bits per heavy atom. The second-order valence-electron chi connectivity index (χ2n) is 3.50. The Labute approximate surface area is 86.5 Å². The molecule has 1 aromatic rings. The Morgan fingerprint density at radius 3 is 2.60 bits per heavy atom. The summed E-state index contributed by atoms with van der Waals surface area (Å²) in [6.07, 6.45) is -1.47. The first-order valence-electron chi connectivity index (χ1n) is 4.53. The predicted molar refractivity (Wildman–Crippen MR) is 53.8 cm³/mol. The molecule has 86 valence electrons. The first-order valence-corrected chi connectivity index (χ1v) is 4.53. The smallest absolute Gasteiger partial charge is 0.347 e. The highest BCUT2D eigenvalue weighted by atomic mass is 19.1. The van der Waals surface area contributed by atoms with Gasteiger partial charge in [-0.3, -0.25) is 4.57 Å². The molecule has 0 amide bonds. The fourth-order valence-electron chi connectivity index (χ4n) is 1.23. The van der Waals surface area contributed by atoms with Crippen LogP contribution in [0, 0.1) is 0 Å². The zero-order chi connectivity index (χ0) is 11.6. The van der Waals surface area contributed by atoms with Gasteiger partial charge in [-0.05, 0) is 0 Å². The number of hydrogen-bond acceptors (Lipinski definition) is 4. The van der Waals surface area contributed by atoms with Gasteiger partial charge in [0.15, 0.2) is 0 Å². The first-order chi connectivity index (χ1) is 6.97. The van der Waals surface area contributed by atoms with E-state index in [1.807, 2.05) is 0 Å². The molecular formula is C8H15FN4O2. The van der Waals surface area contributed by atoms with E-state index in [2.05, 4.69) is 5.10 Å². The molecule has 1 heterocycles. The summed E-state index contributed by atoms with van der Waals surface area (Å²) >= 11 is 0. The average Bonchev–Trinajstić information content (AvgIpc) is 2.46. The number of anilines is 1. The molecular weight excluding hydrogens is 203 g/mol. The Morgan fingerprint density at radius 1 is 1.60 bits per heavy atom. The van der Waals surface area contributed by atoms with Gasteiger partial charge in [-0.1, -0.05) is 0 Å². The van der Waals surface area contributed by atoms with Gasteiger partial charge in [0, 0.05) is 21.1 Å². The molecule has 0 aromatic carbocycles. The van der Waals surface area contributed by atoms with Crippen molar-refractivity contribution in [3.8, 4) is 0 Å². The van der Waals surface area contributed by atoms with Gasteiger partial charge in [0.05, 0.1) is 13.2 Å². The number of hydrogen-bond donors (Lipinski definition) is 1. The Balaban J connectivity index is 3.01. The maximum Gasteiger partial charge on any atom is 0.347 e. The van der Waals surface area contributed by atoms with Gasteiger partial charge in [-0.2, -0.15) is 0 Å². The number of aliphatic hydroxyl groups excluding tert-OH is 1. The Hall–Kier alpha value is -1.37. The number of aromatic nitrogens is 3.